The van der Waals surface area contributed by atoms with E-state index in [1.165, 1.54) is 22.5 Å². The molecule has 0 spiro atoms. The Labute approximate surface area is 126 Å². The standard InChI is InChI=1S/C12H15BrN2O4S/c1-8-5-6-14(9(8)2)20(18,19)12-4-3-10(13)7-11(12)15(16)17/h3-4,7-9H,5-6H2,1-2H3. The monoisotopic (exact) mass is 362 g/mol. The molecular formula is C12H15BrN2O4S. The number of nitro groups is 1. The first-order valence-corrected chi connectivity index (χ1v) is 8.44. The first kappa shape index (κ1) is 15.4. The molecule has 1 aromatic carbocycles. The number of hydrogen-bond acceptors (Lipinski definition) is 4. The van der Waals surface area contributed by atoms with Crippen molar-refractivity contribution in [1.29, 1.82) is 0 Å². The van der Waals surface area contributed by atoms with Crippen molar-refractivity contribution in [1.82, 2.24) is 4.31 Å². The fraction of sp³-hybridized carbons (Fsp3) is 0.500. The molecule has 1 aliphatic heterocycles. The number of sulfonamides is 1. The van der Waals surface area contributed by atoms with Crippen molar-refractivity contribution in [3.8, 4) is 0 Å². The Morgan fingerprint density at radius 2 is 2.05 bits per heavy atom. The van der Waals surface area contributed by atoms with Crippen molar-refractivity contribution in [2.24, 2.45) is 5.92 Å². The van der Waals surface area contributed by atoms with Gasteiger partial charge in [0.15, 0.2) is 4.90 Å². The van der Waals surface area contributed by atoms with Crippen LogP contribution in [0.1, 0.15) is 20.3 Å². The smallest absolute Gasteiger partial charge is 0.258 e. The summed E-state index contributed by atoms with van der Waals surface area (Å²) >= 11 is 3.12. The van der Waals surface area contributed by atoms with Crippen LogP contribution in [0.3, 0.4) is 0 Å². The molecule has 1 aliphatic rings. The second-order valence-electron chi connectivity index (χ2n) is 4.99. The van der Waals surface area contributed by atoms with Crippen LogP contribution in [0.25, 0.3) is 0 Å². The lowest BCUT2D eigenvalue weighted by Crippen LogP contribution is -2.35. The third-order valence-corrected chi connectivity index (χ3v) is 6.31. The summed E-state index contributed by atoms with van der Waals surface area (Å²) < 4.78 is 27.1. The third-order valence-electron chi connectivity index (χ3n) is 3.79. The van der Waals surface area contributed by atoms with Crippen LogP contribution in [0.5, 0.6) is 0 Å². The molecule has 0 aromatic heterocycles. The van der Waals surface area contributed by atoms with Crippen LogP contribution in [0.15, 0.2) is 27.6 Å². The van der Waals surface area contributed by atoms with Crippen molar-refractivity contribution in [3.63, 3.8) is 0 Å². The largest absolute Gasteiger partial charge is 0.290 e. The lowest BCUT2D eigenvalue weighted by atomic mass is 10.1. The first-order valence-electron chi connectivity index (χ1n) is 6.21. The molecule has 20 heavy (non-hydrogen) atoms. The van der Waals surface area contributed by atoms with E-state index in [-0.39, 0.29) is 16.9 Å². The highest BCUT2D eigenvalue weighted by Crippen LogP contribution is 2.34. The van der Waals surface area contributed by atoms with Gasteiger partial charge in [-0.15, -0.1) is 0 Å². The number of hydrogen-bond donors (Lipinski definition) is 0. The third kappa shape index (κ3) is 2.59. The van der Waals surface area contributed by atoms with Gasteiger partial charge in [-0.2, -0.15) is 4.31 Å². The van der Waals surface area contributed by atoms with Gasteiger partial charge in [0.25, 0.3) is 5.69 Å². The summed E-state index contributed by atoms with van der Waals surface area (Å²) in [6, 6.07) is 3.86. The maximum atomic E-state index is 12.6. The lowest BCUT2D eigenvalue weighted by molar-refractivity contribution is -0.387. The molecule has 0 N–H and O–H groups in total. The van der Waals surface area contributed by atoms with E-state index < -0.39 is 20.6 Å². The van der Waals surface area contributed by atoms with Crippen LogP contribution in [0, 0.1) is 16.0 Å². The van der Waals surface area contributed by atoms with Crippen LogP contribution >= 0.6 is 15.9 Å². The van der Waals surface area contributed by atoms with Gasteiger partial charge in [0.1, 0.15) is 0 Å². The SMILES string of the molecule is CC1CCN(S(=O)(=O)c2ccc(Br)cc2[N+](=O)[O-])C1C. The molecule has 1 fully saturated rings. The van der Waals surface area contributed by atoms with Gasteiger partial charge >= 0.3 is 0 Å². The topological polar surface area (TPSA) is 80.5 Å². The van der Waals surface area contributed by atoms with E-state index in [1.807, 2.05) is 13.8 Å². The number of nitrogens with zero attached hydrogens (tertiary/aromatic N) is 2. The Morgan fingerprint density at radius 3 is 2.55 bits per heavy atom. The van der Waals surface area contributed by atoms with E-state index in [2.05, 4.69) is 15.9 Å². The minimum absolute atomic E-state index is 0.150. The predicted molar refractivity (Wildman–Crippen MR) is 77.9 cm³/mol. The predicted octanol–water partition coefficient (Wildman–Crippen LogP) is 2.78. The van der Waals surface area contributed by atoms with E-state index in [1.54, 1.807) is 0 Å². The summed E-state index contributed by atoms with van der Waals surface area (Å²) in [4.78, 5) is 10.2. The maximum Gasteiger partial charge on any atom is 0.290 e. The Kier molecular flexibility index (Phi) is 4.17. The number of benzene rings is 1. The van der Waals surface area contributed by atoms with Crippen molar-refractivity contribution in [2.45, 2.75) is 31.2 Å². The second kappa shape index (κ2) is 5.42. The summed E-state index contributed by atoms with van der Waals surface area (Å²) in [7, 11) is -3.84. The Bertz CT molecular complexity index is 647. The molecule has 0 radical (unpaired) electrons. The average molecular weight is 363 g/mol. The molecule has 0 aliphatic carbocycles. The van der Waals surface area contributed by atoms with Gasteiger partial charge in [-0.25, -0.2) is 8.42 Å². The minimum atomic E-state index is -3.84. The highest BCUT2D eigenvalue weighted by molar-refractivity contribution is 9.10. The average Bonchev–Trinajstić information content (AvgIpc) is 2.70. The van der Waals surface area contributed by atoms with Crippen molar-refractivity contribution in [2.75, 3.05) is 6.54 Å². The van der Waals surface area contributed by atoms with Gasteiger partial charge in [-0.3, -0.25) is 10.1 Å². The zero-order valence-electron chi connectivity index (χ0n) is 11.1. The quantitative estimate of drug-likeness (QED) is 0.611. The van der Waals surface area contributed by atoms with Gasteiger partial charge in [-0.05, 0) is 31.4 Å². The number of rotatable bonds is 3. The summed E-state index contributed by atoms with van der Waals surface area (Å²) in [5.41, 5.74) is -0.397. The molecule has 2 atom stereocenters. The molecule has 8 heteroatoms. The summed E-state index contributed by atoms with van der Waals surface area (Å²) in [6.07, 6.45) is 0.769. The zero-order chi connectivity index (χ0) is 15.1. The van der Waals surface area contributed by atoms with Crippen LogP contribution in [-0.4, -0.2) is 30.2 Å². The highest BCUT2D eigenvalue weighted by Gasteiger charge is 2.39. The molecule has 0 saturated carbocycles. The van der Waals surface area contributed by atoms with Crippen LogP contribution in [0.2, 0.25) is 0 Å². The van der Waals surface area contributed by atoms with E-state index in [0.29, 0.717) is 11.0 Å². The molecule has 0 amide bonds. The summed E-state index contributed by atoms with van der Waals surface area (Å²) in [5, 5.41) is 11.1. The number of nitro benzene ring substituents is 1. The Balaban J connectivity index is 2.53. The minimum Gasteiger partial charge on any atom is -0.258 e. The molecular weight excluding hydrogens is 348 g/mol. The van der Waals surface area contributed by atoms with Crippen molar-refractivity contribution in [3.05, 3.63) is 32.8 Å². The van der Waals surface area contributed by atoms with Gasteiger partial charge in [0.2, 0.25) is 10.0 Å². The molecule has 1 heterocycles. The first-order chi connectivity index (χ1) is 9.25. The summed E-state index contributed by atoms with van der Waals surface area (Å²) in [6.45, 7) is 4.22. The molecule has 1 saturated heterocycles. The molecule has 110 valence electrons. The molecule has 2 unspecified atom stereocenters. The van der Waals surface area contributed by atoms with Crippen LogP contribution < -0.4 is 0 Å². The molecule has 0 bridgehead atoms. The maximum absolute atomic E-state index is 12.6. The van der Waals surface area contributed by atoms with Gasteiger partial charge < -0.3 is 0 Å². The molecule has 6 nitrogen and oxygen atoms in total. The van der Waals surface area contributed by atoms with E-state index >= 15 is 0 Å². The molecule has 1 aromatic rings. The van der Waals surface area contributed by atoms with E-state index in [0.717, 1.165) is 6.42 Å². The van der Waals surface area contributed by atoms with Gasteiger partial charge in [-0.1, -0.05) is 22.9 Å². The Morgan fingerprint density at radius 1 is 1.40 bits per heavy atom. The van der Waals surface area contributed by atoms with Crippen molar-refractivity contribution < 1.29 is 13.3 Å². The fourth-order valence-corrected chi connectivity index (χ4v) is 4.61. The molecule has 2 rings (SSSR count). The lowest BCUT2D eigenvalue weighted by Gasteiger charge is -2.22. The number of halogens is 1. The van der Waals surface area contributed by atoms with E-state index in [9.17, 15) is 18.5 Å². The zero-order valence-corrected chi connectivity index (χ0v) is 13.5. The van der Waals surface area contributed by atoms with Gasteiger partial charge in [0, 0.05) is 23.1 Å². The second-order valence-corrected chi connectivity index (χ2v) is 7.77. The normalized spacial score (nSPS) is 23.9. The Hall–Kier alpha value is -0.990. The van der Waals surface area contributed by atoms with Crippen LogP contribution in [0.4, 0.5) is 5.69 Å². The van der Waals surface area contributed by atoms with E-state index in [4.69, 9.17) is 0 Å². The van der Waals surface area contributed by atoms with Crippen molar-refractivity contribution >= 4 is 31.6 Å². The van der Waals surface area contributed by atoms with Crippen LogP contribution in [-0.2, 0) is 10.0 Å². The highest BCUT2D eigenvalue weighted by atomic mass is 79.9. The summed E-state index contributed by atoms with van der Waals surface area (Å²) in [5.74, 6) is 0.249. The fourth-order valence-electron chi connectivity index (χ4n) is 2.38. The van der Waals surface area contributed by atoms with Gasteiger partial charge in [0.05, 0.1) is 4.92 Å².